The highest BCUT2D eigenvalue weighted by Crippen LogP contribution is 2.37. The van der Waals surface area contributed by atoms with Gasteiger partial charge in [0, 0.05) is 35.4 Å². The van der Waals surface area contributed by atoms with Crippen LogP contribution in [0, 0.1) is 10.8 Å². The number of amides is 1. The van der Waals surface area contributed by atoms with Crippen LogP contribution < -0.4 is 16.4 Å². The highest BCUT2D eigenvalue weighted by Gasteiger charge is 2.27. The SMILES string of the molecule is CC1(C)CCC(C(=N)c2cccc(NC=O)c2)=C(N)C1.CNC(C)c1cccnc1. The minimum Gasteiger partial charge on any atom is -0.402 e. The zero-order chi connectivity index (χ0) is 22.1. The molecule has 6 nitrogen and oxygen atoms in total. The number of nitrogens with one attached hydrogen (secondary N) is 3. The second-order valence-corrected chi connectivity index (χ2v) is 8.36. The predicted molar refractivity (Wildman–Crippen MR) is 124 cm³/mol. The Kier molecular flexibility index (Phi) is 8.30. The van der Waals surface area contributed by atoms with Gasteiger partial charge in [0.1, 0.15) is 0 Å². The quantitative estimate of drug-likeness (QED) is 0.421. The van der Waals surface area contributed by atoms with Crippen molar-refractivity contribution < 1.29 is 4.79 Å². The summed E-state index contributed by atoms with van der Waals surface area (Å²) in [6.07, 6.45) is 7.00. The van der Waals surface area contributed by atoms with Crippen molar-refractivity contribution in [2.24, 2.45) is 11.1 Å². The molecule has 160 valence electrons. The Morgan fingerprint density at radius 1 is 1.30 bits per heavy atom. The molecule has 1 aromatic carbocycles. The van der Waals surface area contributed by atoms with Crippen molar-refractivity contribution in [2.75, 3.05) is 12.4 Å². The van der Waals surface area contributed by atoms with Crippen LogP contribution in [0.4, 0.5) is 5.69 Å². The third-order valence-corrected chi connectivity index (χ3v) is 5.40. The summed E-state index contributed by atoms with van der Waals surface area (Å²) in [5.41, 5.74) is 11.3. The van der Waals surface area contributed by atoms with Gasteiger partial charge in [-0.15, -0.1) is 0 Å². The molecule has 1 aliphatic carbocycles. The maximum absolute atomic E-state index is 10.5. The lowest BCUT2D eigenvalue weighted by atomic mass is 9.75. The zero-order valence-electron chi connectivity index (χ0n) is 18.3. The van der Waals surface area contributed by atoms with Crippen LogP contribution in [-0.2, 0) is 4.79 Å². The van der Waals surface area contributed by atoms with E-state index in [-0.39, 0.29) is 5.41 Å². The van der Waals surface area contributed by atoms with E-state index >= 15 is 0 Å². The molecule has 1 aliphatic rings. The number of nitrogens with two attached hydrogens (primary N) is 1. The van der Waals surface area contributed by atoms with Gasteiger partial charge in [0.2, 0.25) is 6.41 Å². The summed E-state index contributed by atoms with van der Waals surface area (Å²) >= 11 is 0. The lowest BCUT2D eigenvalue weighted by Gasteiger charge is -2.31. The van der Waals surface area contributed by atoms with Crippen LogP contribution in [-0.4, -0.2) is 24.2 Å². The molecule has 1 unspecified atom stereocenters. The lowest BCUT2D eigenvalue weighted by Crippen LogP contribution is -2.25. The third kappa shape index (κ3) is 6.52. The first-order chi connectivity index (χ1) is 14.3. The molecule has 5 N–H and O–H groups in total. The zero-order valence-corrected chi connectivity index (χ0v) is 18.3. The summed E-state index contributed by atoms with van der Waals surface area (Å²) < 4.78 is 0. The molecule has 0 saturated carbocycles. The highest BCUT2D eigenvalue weighted by atomic mass is 16.1. The molecule has 0 aliphatic heterocycles. The van der Waals surface area contributed by atoms with E-state index in [4.69, 9.17) is 11.1 Å². The van der Waals surface area contributed by atoms with E-state index < -0.39 is 0 Å². The average molecular weight is 408 g/mol. The van der Waals surface area contributed by atoms with Crippen LogP contribution in [0.3, 0.4) is 0 Å². The molecule has 1 aromatic heterocycles. The molecule has 30 heavy (non-hydrogen) atoms. The van der Waals surface area contributed by atoms with Crippen molar-refractivity contribution in [2.45, 2.75) is 46.1 Å². The second kappa shape index (κ2) is 10.7. The number of carbonyl (C=O) groups is 1. The van der Waals surface area contributed by atoms with Crippen molar-refractivity contribution in [3.8, 4) is 0 Å². The first-order valence-electron chi connectivity index (χ1n) is 10.2. The van der Waals surface area contributed by atoms with Crippen molar-refractivity contribution in [1.29, 1.82) is 5.41 Å². The number of aromatic nitrogens is 1. The number of benzene rings is 1. The molecular formula is C24H33N5O. The van der Waals surface area contributed by atoms with Gasteiger partial charge in [-0.1, -0.05) is 32.0 Å². The minimum atomic E-state index is 0.217. The van der Waals surface area contributed by atoms with Gasteiger partial charge >= 0.3 is 0 Å². The van der Waals surface area contributed by atoms with E-state index in [0.717, 1.165) is 36.1 Å². The summed E-state index contributed by atoms with van der Waals surface area (Å²) in [7, 11) is 1.94. The standard InChI is InChI=1S/C16H21N3O.C8H12N2/c1-16(2)7-6-13(14(17)9-16)15(18)11-4-3-5-12(8-11)19-10-20;1-7(9-2)8-4-3-5-10-6-8/h3-5,8,10,18H,6-7,9,17H2,1-2H3,(H,19,20);3-7,9H,1-2H3. The molecule has 0 radical (unpaired) electrons. The van der Waals surface area contributed by atoms with Gasteiger partial charge in [0.25, 0.3) is 0 Å². The molecule has 3 rings (SSSR count). The smallest absolute Gasteiger partial charge is 0.211 e. The highest BCUT2D eigenvalue weighted by molar-refractivity contribution is 6.11. The van der Waals surface area contributed by atoms with E-state index in [0.29, 0.717) is 23.9 Å². The normalized spacial score (nSPS) is 16.1. The maximum atomic E-state index is 10.5. The number of allylic oxidation sites excluding steroid dienone is 2. The minimum absolute atomic E-state index is 0.217. The lowest BCUT2D eigenvalue weighted by molar-refractivity contribution is -0.105. The number of hydrogen-bond donors (Lipinski definition) is 4. The Morgan fingerprint density at radius 2 is 2.07 bits per heavy atom. The van der Waals surface area contributed by atoms with Crippen LogP contribution >= 0.6 is 0 Å². The fraction of sp³-hybridized carbons (Fsp3) is 0.375. The molecular weight excluding hydrogens is 374 g/mol. The van der Waals surface area contributed by atoms with Crippen LogP contribution in [0.1, 0.15) is 57.2 Å². The third-order valence-electron chi connectivity index (χ3n) is 5.40. The molecule has 1 amide bonds. The summed E-state index contributed by atoms with van der Waals surface area (Å²) in [5, 5.41) is 14.1. The van der Waals surface area contributed by atoms with Gasteiger partial charge in [0.15, 0.2) is 0 Å². The molecule has 0 bridgehead atoms. The molecule has 0 fully saturated rings. The number of nitrogens with zero attached hydrogens (tertiary/aromatic N) is 1. The molecule has 6 heteroatoms. The topological polar surface area (TPSA) is 104 Å². The summed E-state index contributed by atoms with van der Waals surface area (Å²) in [4.78, 5) is 14.5. The first-order valence-corrected chi connectivity index (χ1v) is 10.2. The fourth-order valence-corrected chi connectivity index (χ4v) is 3.43. The summed E-state index contributed by atoms with van der Waals surface area (Å²) in [6.45, 7) is 6.51. The largest absolute Gasteiger partial charge is 0.402 e. The van der Waals surface area contributed by atoms with Crippen LogP contribution in [0.15, 0.2) is 60.1 Å². The Balaban J connectivity index is 0.000000269. The Morgan fingerprint density at radius 3 is 2.67 bits per heavy atom. The molecule has 0 spiro atoms. The van der Waals surface area contributed by atoms with Crippen molar-refractivity contribution in [3.63, 3.8) is 0 Å². The maximum Gasteiger partial charge on any atom is 0.211 e. The molecule has 2 aromatic rings. The second-order valence-electron chi connectivity index (χ2n) is 8.36. The number of hydrogen-bond acceptors (Lipinski definition) is 5. The molecule has 1 atom stereocenters. The van der Waals surface area contributed by atoms with Crippen LogP contribution in [0.5, 0.6) is 0 Å². The van der Waals surface area contributed by atoms with Crippen molar-refractivity contribution in [3.05, 3.63) is 71.2 Å². The fourth-order valence-electron chi connectivity index (χ4n) is 3.43. The van der Waals surface area contributed by atoms with Crippen LogP contribution in [0.2, 0.25) is 0 Å². The summed E-state index contributed by atoms with van der Waals surface area (Å²) in [6, 6.07) is 11.7. The molecule has 0 saturated heterocycles. The Labute approximate surface area is 179 Å². The van der Waals surface area contributed by atoms with Gasteiger partial charge in [-0.05, 0) is 68.0 Å². The number of rotatable bonds is 6. The van der Waals surface area contributed by atoms with Crippen molar-refractivity contribution in [1.82, 2.24) is 10.3 Å². The van der Waals surface area contributed by atoms with E-state index in [1.807, 2.05) is 31.4 Å². The van der Waals surface area contributed by atoms with E-state index in [1.165, 1.54) is 5.56 Å². The monoisotopic (exact) mass is 407 g/mol. The average Bonchev–Trinajstić information content (AvgIpc) is 2.74. The number of pyridine rings is 1. The predicted octanol–water partition coefficient (Wildman–Crippen LogP) is 4.41. The van der Waals surface area contributed by atoms with Crippen molar-refractivity contribution >= 4 is 17.8 Å². The first kappa shape index (κ1) is 23.3. The van der Waals surface area contributed by atoms with Gasteiger partial charge in [-0.3, -0.25) is 15.2 Å². The number of carbonyl (C=O) groups excluding carboxylic acids is 1. The van der Waals surface area contributed by atoms with Gasteiger partial charge in [-0.25, -0.2) is 0 Å². The van der Waals surface area contributed by atoms with Gasteiger partial charge in [0.05, 0.1) is 5.71 Å². The molecule has 1 heterocycles. The van der Waals surface area contributed by atoms with Gasteiger partial charge in [-0.2, -0.15) is 0 Å². The Hall–Kier alpha value is -2.99. The Bertz CT molecular complexity index is 889. The summed E-state index contributed by atoms with van der Waals surface area (Å²) in [5.74, 6) is 0. The van der Waals surface area contributed by atoms with E-state index in [2.05, 4.69) is 42.5 Å². The van der Waals surface area contributed by atoms with Gasteiger partial charge < -0.3 is 16.4 Å². The number of anilines is 1. The van der Waals surface area contributed by atoms with E-state index in [9.17, 15) is 4.79 Å². The van der Waals surface area contributed by atoms with Crippen LogP contribution in [0.25, 0.3) is 0 Å². The van der Waals surface area contributed by atoms with E-state index in [1.54, 1.807) is 18.3 Å².